The molecule has 0 saturated carbocycles. The lowest BCUT2D eigenvalue weighted by molar-refractivity contribution is 0.463. The number of benzene rings is 1. The lowest BCUT2D eigenvalue weighted by Gasteiger charge is -2.30. The Labute approximate surface area is 128 Å². The largest absolute Gasteiger partial charge is 0.380 e. The molecule has 4 N–H and O–H groups in total. The fourth-order valence-corrected chi connectivity index (χ4v) is 3.34. The minimum Gasteiger partial charge on any atom is -0.380 e. The van der Waals surface area contributed by atoms with Crippen molar-refractivity contribution in [3.05, 3.63) is 24.3 Å². The second-order valence-corrected chi connectivity index (χ2v) is 7.59. The van der Waals surface area contributed by atoms with Crippen molar-refractivity contribution in [1.82, 2.24) is 4.72 Å². The first-order chi connectivity index (χ1) is 9.72. The highest BCUT2D eigenvalue weighted by molar-refractivity contribution is 7.89. The zero-order chi connectivity index (χ0) is 16.1. The van der Waals surface area contributed by atoms with Crippen LogP contribution in [0.5, 0.6) is 0 Å². The van der Waals surface area contributed by atoms with Gasteiger partial charge in [-0.3, -0.25) is 0 Å². The fraction of sp³-hybridized carbons (Fsp3) is 0.600. The second kappa shape index (κ2) is 7.24. The average molecular weight is 313 g/mol. The molecule has 0 aliphatic heterocycles. The molecule has 0 spiro atoms. The Morgan fingerprint density at radius 1 is 1.24 bits per heavy atom. The predicted molar refractivity (Wildman–Crippen MR) is 87.9 cm³/mol. The van der Waals surface area contributed by atoms with Gasteiger partial charge in [-0.2, -0.15) is 0 Å². The Bertz CT molecular complexity index is 541. The van der Waals surface area contributed by atoms with E-state index in [1.165, 1.54) is 0 Å². The summed E-state index contributed by atoms with van der Waals surface area (Å²) >= 11 is 0. The highest BCUT2D eigenvalue weighted by Crippen LogP contribution is 2.22. The number of rotatable bonds is 8. The zero-order valence-electron chi connectivity index (χ0n) is 13.3. The minimum absolute atomic E-state index is 0.0781. The standard InChI is InChI=1S/C15H27N3O2S/c1-5-15(4,10-11-16)17-13-6-8-14(9-7-13)21(19,20)18-12(2)3/h6-9,12,17-18H,5,10-11,16H2,1-4H3. The van der Waals surface area contributed by atoms with E-state index in [4.69, 9.17) is 5.73 Å². The van der Waals surface area contributed by atoms with Crippen molar-refractivity contribution in [2.75, 3.05) is 11.9 Å². The average Bonchev–Trinajstić information content (AvgIpc) is 2.38. The molecule has 0 heterocycles. The molecule has 0 aromatic heterocycles. The van der Waals surface area contributed by atoms with Crippen LogP contribution in [0.4, 0.5) is 5.69 Å². The Hall–Kier alpha value is -1.11. The van der Waals surface area contributed by atoms with Crippen LogP contribution in [0.2, 0.25) is 0 Å². The van der Waals surface area contributed by atoms with Gasteiger partial charge in [-0.05, 0) is 64.4 Å². The monoisotopic (exact) mass is 313 g/mol. The summed E-state index contributed by atoms with van der Waals surface area (Å²) in [5, 5.41) is 3.43. The van der Waals surface area contributed by atoms with E-state index in [0.29, 0.717) is 6.54 Å². The van der Waals surface area contributed by atoms with Gasteiger partial charge < -0.3 is 11.1 Å². The van der Waals surface area contributed by atoms with E-state index in [1.54, 1.807) is 38.1 Å². The molecule has 0 bridgehead atoms. The summed E-state index contributed by atoms with van der Waals surface area (Å²) in [6, 6.07) is 6.69. The van der Waals surface area contributed by atoms with E-state index in [0.717, 1.165) is 18.5 Å². The molecule has 1 aromatic rings. The normalized spacial score (nSPS) is 15.0. The Morgan fingerprint density at radius 3 is 2.24 bits per heavy atom. The number of sulfonamides is 1. The van der Waals surface area contributed by atoms with Gasteiger partial charge in [0.05, 0.1) is 4.90 Å². The maximum absolute atomic E-state index is 12.0. The van der Waals surface area contributed by atoms with Crippen LogP contribution in [0.15, 0.2) is 29.2 Å². The fourth-order valence-electron chi connectivity index (χ4n) is 2.09. The topological polar surface area (TPSA) is 84.2 Å². The van der Waals surface area contributed by atoms with Crippen LogP contribution < -0.4 is 15.8 Å². The molecule has 0 amide bonds. The molecule has 0 fully saturated rings. The Morgan fingerprint density at radius 2 is 1.81 bits per heavy atom. The maximum atomic E-state index is 12.0. The molecule has 0 aliphatic rings. The predicted octanol–water partition coefficient (Wildman–Crippen LogP) is 2.30. The van der Waals surface area contributed by atoms with Crippen LogP contribution >= 0.6 is 0 Å². The molecule has 0 aliphatic carbocycles. The van der Waals surface area contributed by atoms with E-state index in [2.05, 4.69) is 23.9 Å². The number of anilines is 1. The van der Waals surface area contributed by atoms with Gasteiger partial charge >= 0.3 is 0 Å². The SMILES string of the molecule is CCC(C)(CCN)Nc1ccc(S(=O)(=O)NC(C)C)cc1. The van der Waals surface area contributed by atoms with Crippen LogP contribution in [0.3, 0.4) is 0 Å². The highest BCUT2D eigenvalue weighted by atomic mass is 32.2. The second-order valence-electron chi connectivity index (χ2n) is 5.88. The lowest BCUT2D eigenvalue weighted by Crippen LogP contribution is -2.36. The van der Waals surface area contributed by atoms with E-state index in [9.17, 15) is 8.42 Å². The molecule has 1 rings (SSSR count). The number of hydrogen-bond acceptors (Lipinski definition) is 4. The summed E-state index contributed by atoms with van der Waals surface area (Å²) in [5.41, 5.74) is 6.47. The number of hydrogen-bond donors (Lipinski definition) is 3. The van der Waals surface area contributed by atoms with Gasteiger partial charge in [-0.15, -0.1) is 0 Å². The smallest absolute Gasteiger partial charge is 0.240 e. The van der Waals surface area contributed by atoms with Gasteiger partial charge in [0.25, 0.3) is 0 Å². The van der Waals surface area contributed by atoms with Crippen LogP contribution in [-0.2, 0) is 10.0 Å². The quantitative estimate of drug-likeness (QED) is 0.687. The highest BCUT2D eigenvalue weighted by Gasteiger charge is 2.21. The molecule has 6 heteroatoms. The first-order valence-corrected chi connectivity index (χ1v) is 8.81. The van der Waals surface area contributed by atoms with Crippen LogP contribution in [-0.4, -0.2) is 26.5 Å². The van der Waals surface area contributed by atoms with Gasteiger partial charge in [0.15, 0.2) is 0 Å². The van der Waals surface area contributed by atoms with Crippen molar-refractivity contribution in [2.24, 2.45) is 5.73 Å². The Balaban J connectivity index is 2.88. The summed E-state index contributed by atoms with van der Waals surface area (Å²) in [4.78, 5) is 0.277. The maximum Gasteiger partial charge on any atom is 0.240 e. The molecular formula is C15H27N3O2S. The van der Waals surface area contributed by atoms with Crippen molar-refractivity contribution < 1.29 is 8.42 Å². The molecule has 1 unspecified atom stereocenters. The number of nitrogens with one attached hydrogen (secondary N) is 2. The van der Waals surface area contributed by atoms with Crippen LogP contribution in [0.1, 0.15) is 40.5 Å². The van der Waals surface area contributed by atoms with Crippen LogP contribution in [0, 0.1) is 0 Å². The zero-order valence-corrected chi connectivity index (χ0v) is 14.1. The molecule has 5 nitrogen and oxygen atoms in total. The van der Waals surface area contributed by atoms with Crippen molar-refractivity contribution in [1.29, 1.82) is 0 Å². The summed E-state index contributed by atoms with van der Waals surface area (Å²) in [7, 11) is -3.43. The molecular weight excluding hydrogens is 286 g/mol. The third-order valence-electron chi connectivity index (χ3n) is 3.48. The van der Waals surface area contributed by atoms with Gasteiger partial charge in [0.2, 0.25) is 10.0 Å². The summed E-state index contributed by atoms with van der Waals surface area (Å²) in [6.45, 7) is 8.43. The lowest BCUT2D eigenvalue weighted by atomic mass is 9.94. The van der Waals surface area contributed by atoms with Gasteiger partial charge in [0, 0.05) is 17.3 Å². The van der Waals surface area contributed by atoms with Crippen molar-refractivity contribution in [2.45, 2.75) is 57.0 Å². The van der Waals surface area contributed by atoms with Crippen molar-refractivity contribution in [3.63, 3.8) is 0 Å². The van der Waals surface area contributed by atoms with E-state index in [-0.39, 0.29) is 16.5 Å². The number of nitrogens with two attached hydrogens (primary N) is 1. The van der Waals surface area contributed by atoms with Gasteiger partial charge in [0.1, 0.15) is 0 Å². The molecule has 1 atom stereocenters. The van der Waals surface area contributed by atoms with Crippen molar-refractivity contribution >= 4 is 15.7 Å². The van der Waals surface area contributed by atoms with Gasteiger partial charge in [-0.1, -0.05) is 6.92 Å². The van der Waals surface area contributed by atoms with E-state index < -0.39 is 10.0 Å². The van der Waals surface area contributed by atoms with Crippen LogP contribution in [0.25, 0.3) is 0 Å². The first-order valence-electron chi connectivity index (χ1n) is 7.33. The molecule has 0 radical (unpaired) electrons. The molecule has 120 valence electrons. The first kappa shape index (κ1) is 17.9. The summed E-state index contributed by atoms with van der Waals surface area (Å²) < 4.78 is 26.7. The molecule has 21 heavy (non-hydrogen) atoms. The third-order valence-corrected chi connectivity index (χ3v) is 5.15. The van der Waals surface area contributed by atoms with E-state index >= 15 is 0 Å². The molecule has 0 saturated heterocycles. The van der Waals surface area contributed by atoms with E-state index in [1.807, 2.05) is 0 Å². The summed E-state index contributed by atoms with van der Waals surface area (Å²) in [6.07, 6.45) is 1.80. The third kappa shape index (κ3) is 5.30. The summed E-state index contributed by atoms with van der Waals surface area (Å²) in [5.74, 6) is 0. The Kier molecular flexibility index (Phi) is 6.19. The minimum atomic E-state index is -3.43. The van der Waals surface area contributed by atoms with Crippen molar-refractivity contribution in [3.8, 4) is 0 Å². The van der Waals surface area contributed by atoms with Gasteiger partial charge in [-0.25, -0.2) is 13.1 Å². The molecule has 1 aromatic carbocycles.